The molecule has 0 amide bonds. The van der Waals surface area contributed by atoms with E-state index in [0.717, 1.165) is 70.1 Å². The number of nitrogens with one attached hydrogen (secondary N) is 1. The van der Waals surface area contributed by atoms with Crippen LogP contribution in [0.4, 0.5) is 23.3 Å². The van der Waals surface area contributed by atoms with Crippen molar-refractivity contribution in [2.24, 2.45) is 0 Å². The van der Waals surface area contributed by atoms with Gasteiger partial charge in [-0.25, -0.2) is 0 Å². The average molecular weight is 353 g/mol. The van der Waals surface area contributed by atoms with E-state index in [-0.39, 0.29) is 0 Å². The van der Waals surface area contributed by atoms with Gasteiger partial charge in [0.1, 0.15) is 11.6 Å². The van der Waals surface area contributed by atoms with Crippen molar-refractivity contribution < 1.29 is 9.47 Å². The second-order valence-electron chi connectivity index (χ2n) is 6.89. The third-order valence-corrected chi connectivity index (χ3v) is 5.16. The molecule has 4 heterocycles. The first kappa shape index (κ1) is 15.8. The van der Waals surface area contributed by atoms with Crippen LogP contribution in [0.5, 0.6) is 0 Å². The van der Waals surface area contributed by atoms with Crippen LogP contribution in [0.2, 0.25) is 0 Å². The fourth-order valence-electron chi connectivity index (χ4n) is 3.64. The number of aromatic nitrogens is 2. The van der Waals surface area contributed by atoms with Gasteiger partial charge in [-0.2, -0.15) is 9.97 Å². The van der Waals surface area contributed by atoms with Crippen molar-refractivity contribution in [1.29, 1.82) is 0 Å². The molecule has 1 N–H and O–H groups in total. The summed E-state index contributed by atoms with van der Waals surface area (Å²) in [6.45, 7) is 5.52. The van der Waals surface area contributed by atoms with E-state index in [9.17, 15) is 0 Å². The first-order valence-electron chi connectivity index (χ1n) is 9.29. The summed E-state index contributed by atoms with van der Waals surface area (Å²) in [4.78, 5) is 14.4. The Labute approximate surface area is 152 Å². The molecular formula is C19H23N5O2. The lowest BCUT2D eigenvalue weighted by molar-refractivity contribution is 0.0209. The minimum atomic E-state index is 0.345. The lowest BCUT2D eigenvalue weighted by Crippen LogP contribution is -2.41. The fourth-order valence-corrected chi connectivity index (χ4v) is 3.64. The van der Waals surface area contributed by atoms with Crippen molar-refractivity contribution in [1.82, 2.24) is 9.97 Å². The molecule has 0 atom stereocenters. The fraction of sp³-hybridized carbons (Fsp3) is 0.474. The predicted molar refractivity (Wildman–Crippen MR) is 100 cm³/mol. The van der Waals surface area contributed by atoms with Crippen LogP contribution in [0.3, 0.4) is 0 Å². The molecule has 3 aliphatic rings. The first-order chi connectivity index (χ1) is 12.9. The molecule has 7 nitrogen and oxygen atoms in total. The lowest BCUT2D eigenvalue weighted by Gasteiger charge is -2.31. The Morgan fingerprint density at radius 1 is 0.962 bits per heavy atom. The molecule has 0 saturated carbocycles. The molecule has 0 radical (unpaired) electrons. The molecule has 2 fully saturated rings. The third kappa shape index (κ3) is 2.87. The highest BCUT2D eigenvalue weighted by molar-refractivity contribution is 5.73. The highest BCUT2D eigenvalue weighted by Gasteiger charge is 2.30. The molecule has 2 saturated heterocycles. The Bertz CT molecular complexity index is 775. The van der Waals surface area contributed by atoms with E-state index in [1.54, 1.807) is 0 Å². The van der Waals surface area contributed by atoms with E-state index >= 15 is 0 Å². The van der Waals surface area contributed by atoms with Crippen LogP contribution in [-0.4, -0.2) is 62.1 Å². The zero-order valence-corrected chi connectivity index (χ0v) is 14.7. The summed E-state index contributed by atoms with van der Waals surface area (Å²) in [7, 11) is 0. The van der Waals surface area contributed by atoms with Gasteiger partial charge in [0.05, 0.1) is 32.5 Å². The third-order valence-electron chi connectivity index (χ3n) is 5.16. The molecule has 5 rings (SSSR count). The molecule has 2 aromatic rings. The van der Waals surface area contributed by atoms with Crippen molar-refractivity contribution in [3.8, 4) is 0 Å². The first-order valence-corrected chi connectivity index (χ1v) is 9.29. The summed E-state index contributed by atoms with van der Waals surface area (Å²) in [6.07, 6.45) is 0.948. The smallest absolute Gasteiger partial charge is 0.229 e. The molecule has 136 valence electrons. The summed E-state index contributed by atoms with van der Waals surface area (Å²) in [5.41, 5.74) is 2.38. The SMILES string of the molecule is c1ccc(N2CCc3c(NC4COC4)nc(N4CCOCC4)nc32)cc1. The number of hydrogen-bond donors (Lipinski definition) is 1. The van der Waals surface area contributed by atoms with E-state index in [4.69, 9.17) is 19.4 Å². The number of benzene rings is 1. The van der Waals surface area contributed by atoms with Gasteiger partial charge in [-0.3, -0.25) is 0 Å². The highest BCUT2D eigenvalue weighted by Crippen LogP contribution is 2.38. The van der Waals surface area contributed by atoms with Crippen molar-refractivity contribution in [2.45, 2.75) is 12.5 Å². The van der Waals surface area contributed by atoms with E-state index < -0.39 is 0 Å². The van der Waals surface area contributed by atoms with Crippen molar-refractivity contribution in [2.75, 3.05) is 61.2 Å². The van der Waals surface area contributed by atoms with Gasteiger partial charge >= 0.3 is 0 Å². The number of ether oxygens (including phenoxy) is 2. The van der Waals surface area contributed by atoms with Gasteiger partial charge in [0.2, 0.25) is 5.95 Å². The molecule has 7 heteroatoms. The van der Waals surface area contributed by atoms with E-state index in [1.807, 2.05) is 6.07 Å². The second-order valence-corrected chi connectivity index (χ2v) is 6.89. The predicted octanol–water partition coefficient (Wildman–Crippen LogP) is 1.82. The number of fused-ring (bicyclic) bond motifs is 1. The molecule has 3 aliphatic heterocycles. The van der Waals surface area contributed by atoms with Crippen LogP contribution in [0.15, 0.2) is 30.3 Å². The van der Waals surface area contributed by atoms with Crippen molar-refractivity contribution in [3.05, 3.63) is 35.9 Å². The number of morpholine rings is 1. The Morgan fingerprint density at radius 2 is 1.77 bits per heavy atom. The Balaban J connectivity index is 1.54. The van der Waals surface area contributed by atoms with E-state index in [1.165, 1.54) is 11.3 Å². The number of para-hydroxylation sites is 1. The summed E-state index contributed by atoms with van der Waals surface area (Å²) in [5.74, 6) is 2.77. The Morgan fingerprint density at radius 3 is 2.50 bits per heavy atom. The minimum absolute atomic E-state index is 0.345. The molecule has 0 spiro atoms. The molecule has 0 aliphatic carbocycles. The van der Waals surface area contributed by atoms with E-state index in [0.29, 0.717) is 6.04 Å². The van der Waals surface area contributed by atoms with Crippen molar-refractivity contribution in [3.63, 3.8) is 0 Å². The van der Waals surface area contributed by atoms with Gasteiger partial charge < -0.3 is 24.6 Å². The maximum absolute atomic E-state index is 5.49. The zero-order chi connectivity index (χ0) is 17.3. The van der Waals surface area contributed by atoms with E-state index in [2.05, 4.69) is 39.4 Å². The molecule has 0 unspecified atom stereocenters. The molecule has 1 aromatic heterocycles. The van der Waals surface area contributed by atoms with Crippen molar-refractivity contribution >= 4 is 23.3 Å². The summed E-state index contributed by atoms with van der Waals surface area (Å²) in [6, 6.07) is 10.8. The zero-order valence-electron chi connectivity index (χ0n) is 14.7. The van der Waals surface area contributed by atoms with Crippen LogP contribution in [0, 0.1) is 0 Å². The molecular weight excluding hydrogens is 330 g/mol. The minimum Gasteiger partial charge on any atom is -0.378 e. The standard InChI is InChI=1S/C19H23N5O2/c1-2-4-15(5-3-1)24-7-6-16-17(20-14-12-26-13-14)21-19(22-18(16)24)23-8-10-25-11-9-23/h1-5,14H,6-13H2,(H,20,21,22). The number of rotatable bonds is 4. The van der Waals surface area contributed by atoms with Gasteiger partial charge in [0.25, 0.3) is 0 Å². The monoisotopic (exact) mass is 353 g/mol. The second kappa shape index (κ2) is 6.74. The molecule has 26 heavy (non-hydrogen) atoms. The number of anilines is 4. The summed E-state index contributed by atoms with van der Waals surface area (Å²) >= 11 is 0. The summed E-state index contributed by atoms with van der Waals surface area (Å²) in [5, 5.41) is 3.57. The largest absolute Gasteiger partial charge is 0.378 e. The maximum Gasteiger partial charge on any atom is 0.229 e. The van der Waals surface area contributed by atoms with Crippen LogP contribution < -0.4 is 15.1 Å². The lowest BCUT2D eigenvalue weighted by atomic mass is 10.2. The molecule has 1 aromatic carbocycles. The van der Waals surface area contributed by atoms with Gasteiger partial charge in [0, 0.05) is 30.9 Å². The Kier molecular flexibility index (Phi) is 4.10. The Hall–Kier alpha value is -2.38. The average Bonchev–Trinajstić information content (AvgIpc) is 3.10. The van der Waals surface area contributed by atoms with Crippen LogP contribution in [0.25, 0.3) is 0 Å². The van der Waals surface area contributed by atoms with Crippen LogP contribution >= 0.6 is 0 Å². The highest BCUT2D eigenvalue weighted by atomic mass is 16.5. The normalized spacial score (nSPS) is 20.0. The van der Waals surface area contributed by atoms with Gasteiger partial charge in [-0.15, -0.1) is 0 Å². The topological polar surface area (TPSA) is 62.8 Å². The molecule has 0 bridgehead atoms. The quantitative estimate of drug-likeness (QED) is 0.899. The van der Waals surface area contributed by atoms with Gasteiger partial charge in [0.15, 0.2) is 0 Å². The van der Waals surface area contributed by atoms with Gasteiger partial charge in [-0.1, -0.05) is 18.2 Å². The number of nitrogens with zero attached hydrogens (tertiary/aromatic N) is 4. The van der Waals surface area contributed by atoms with Crippen LogP contribution in [-0.2, 0) is 15.9 Å². The number of hydrogen-bond acceptors (Lipinski definition) is 7. The van der Waals surface area contributed by atoms with Crippen LogP contribution in [0.1, 0.15) is 5.56 Å². The summed E-state index contributed by atoms with van der Waals surface area (Å²) < 4.78 is 10.8. The van der Waals surface area contributed by atoms with Gasteiger partial charge in [-0.05, 0) is 18.6 Å². The maximum atomic E-state index is 5.49.